The average Bonchev–Trinajstić information content (AvgIpc) is 2.43. The summed E-state index contributed by atoms with van der Waals surface area (Å²) in [4.78, 5) is 2.30. The number of ether oxygens (including phenoxy) is 1. The van der Waals surface area contributed by atoms with Crippen molar-refractivity contribution >= 4 is 0 Å². The number of aliphatic hydroxyl groups is 1. The summed E-state index contributed by atoms with van der Waals surface area (Å²) in [7, 11) is 0. The molecule has 1 aromatic carbocycles. The summed E-state index contributed by atoms with van der Waals surface area (Å²) in [5.74, 6) is 0. The van der Waals surface area contributed by atoms with Crippen molar-refractivity contribution in [1.82, 2.24) is 4.90 Å². The van der Waals surface area contributed by atoms with Crippen LogP contribution in [0.25, 0.3) is 0 Å². The zero-order chi connectivity index (χ0) is 15.7. The first-order valence-electron chi connectivity index (χ1n) is 7.72. The van der Waals surface area contributed by atoms with Crippen molar-refractivity contribution in [2.45, 2.75) is 39.8 Å². The molecule has 0 bridgehead atoms. The Morgan fingerprint density at radius 1 is 1.38 bits per heavy atom. The minimum atomic E-state index is -0.457. The fourth-order valence-electron chi connectivity index (χ4n) is 2.40. The van der Waals surface area contributed by atoms with E-state index in [1.807, 2.05) is 0 Å². The average molecular weight is 291 g/mol. The van der Waals surface area contributed by atoms with E-state index in [2.05, 4.69) is 50.4 Å². The topological polar surface area (TPSA) is 32.7 Å². The van der Waals surface area contributed by atoms with Gasteiger partial charge in [-0.15, -0.1) is 6.58 Å². The van der Waals surface area contributed by atoms with Crippen LogP contribution in [-0.2, 0) is 11.3 Å². The fraction of sp³-hybridized carbons (Fsp3) is 0.556. The smallest absolute Gasteiger partial charge is 0.0900 e. The lowest BCUT2D eigenvalue weighted by Gasteiger charge is -2.25. The van der Waals surface area contributed by atoms with Gasteiger partial charge in [0.1, 0.15) is 0 Å². The van der Waals surface area contributed by atoms with E-state index >= 15 is 0 Å². The molecule has 0 radical (unpaired) electrons. The molecule has 1 rings (SSSR count). The Hall–Kier alpha value is -1.16. The van der Waals surface area contributed by atoms with Crippen molar-refractivity contribution in [3.05, 3.63) is 47.5 Å². The molecule has 0 aliphatic rings. The van der Waals surface area contributed by atoms with Crippen LogP contribution in [0.1, 0.15) is 30.0 Å². The van der Waals surface area contributed by atoms with E-state index in [-0.39, 0.29) is 0 Å². The minimum Gasteiger partial charge on any atom is -0.389 e. The number of hydrogen-bond donors (Lipinski definition) is 1. The lowest BCUT2D eigenvalue weighted by molar-refractivity contribution is 0.0246. The summed E-state index contributed by atoms with van der Waals surface area (Å²) >= 11 is 0. The predicted octanol–water partition coefficient (Wildman–Crippen LogP) is 3.08. The first-order valence-corrected chi connectivity index (χ1v) is 7.72. The Morgan fingerprint density at radius 3 is 2.81 bits per heavy atom. The van der Waals surface area contributed by atoms with Gasteiger partial charge in [0.2, 0.25) is 0 Å². The highest BCUT2D eigenvalue weighted by Crippen LogP contribution is 2.14. The molecule has 21 heavy (non-hydrogen) atoms. The van der Waals surface area contributed by atoms with Gasteiger partial charge in [-0.1, -0.05) is 36.8 Å². The molecular weight excluding hydrogens is 262 g/mol. The molecule has 0 heterocycles. The number of benzene rings is 1. The zero-order valence-corrected chi connectivity index (χ0v) is 13.6. The molecule has 3 nitrogen and oxygen atoms in total. The number of aryl methyl sites for hydroxylation is 2. The molecule has 0 saturated carbocycles. The third-order valence-electron chi connectivity index (χ3n) is 3.45. The molecule has 0 aliphatic carbocycles. The Kier molecular flexibility index (Phi) is 8.28. The predicted molar refractivity (Wildman–Crippen MR) is 88.5 cm³/mol. The maximum absolute atomic E-state index is 10.1. The fourth-order valence-corrected chi connectivity index (χ4v) is 2.40. The maximum atomic E-state index is 10.1. The van der Waals surface area contributed by atoms with E-state index in [4.69, 9.17) is 4.74 Å². The molecule has 3 heteroatoms. The van der Waals surface area contributed by atoms with Crippen LogP contribution in [0, 0.1) is 13.8 Å². The van der Waals surface area contributed by atoms with Crippen molar-refractivity contribution < 1.29 is 9.84 Å². The Morgan fingerprint density at radius 2 is 2.14 bits per heavy atom. The van der Waals surface area contributed by atoms with Crippen molar-refractivity contribution in [3.63, 3.8) is 0 Å². The first kappa shape index (κ1) is 17.9. The number of nitrogens with zero attached hydrogens (tertiary/aromatic N) is 1. The van der Waals surface area contributed by atoms with Crippen LogP contribution >= 0.6 is 0 Å². The highest BCUT2D eigenvalue weighted by Gasteiger charge is 2.13. The van der Waals surface area contributed by atoms with Gasteiger partial charge < -0.3 is 9.84 Å². The quantitative estimate of drug-likeness (QED) is 0.531. The summed E-state index contributed by atoms with van der Waals surface area (Å²) in [6.45, 7) is 13.4. The monoisotopic (exact) mass is 291 g/mol. The largest absolute Gasteiger partial charge is 0.389 e. The highest BCUT2D eigenvalue weighted by atomic mass is 16.5. The van der Waals surface area contributed by atoms with Gasteiger partial charge in [-0.25, -0.2) is 0 Å². The molecule has 118 valence electrons. The van der Waals surface area contributed by atoms with Crippen LogP contribution < -0.4 is 0 Å². The minimum absolute atomic E-state index is 0.360. The first-order chi connectivity index (χ1) is 10.1. The van der Waals surface area contributed by atoms with E-state index in [1.165, 1.54) is 16.7 Å². The normalized spacial score (nSPS) is 12.6. The SMILES string of the molecule is C=CCOC[C@@H](O)CN(CCC)Cc1cc(C)ccc1C. The van der Waals surface area contributed by atoms with Gasteiger partial charge in [-0.05, 0) is 37.9 Å². The standard InChI is InChI=1S/C18H29NO2/c1-5-9-19(13-18(20)14-21-10-6-2)12-17-11-15(3)7-8-16(17)4/h6-8,11,18,20H,2,5,9-10,12-14H2,1,3-4H3/t18-/m0/s1. The summed E-state index contributed by atoms with van der Waals surface area (Å²) in [5, 5.41) is 10.1. The number of hydrogen-bond acceptors (Lipinski definition) is 3. The molecule has 1 N–H and O–H groups in total. The summed E-state index contributed by atoms with van der Waals surface area (Å²) in [6.07, 6.45) is 2.32. The molecule has 1 aromatic rings. The highest BCUT2D eigenvalue weighted by molar-refractivity contribution is 5.30. The lowest BCUT2D eigenvalue weighted by Crippen LogP contribution is -2.35. The van der Waals surface area contributed by atoms with Gasteiger partial charge >= 0.3 is 0 Å². The van der Waals surface area contributed by atoms with Crippen molar-refractivity contribution in [1.29, 1.82) is 0 Å². The molecule has 0 aliphatic heterocycles. The van der Waals surface area contributed by atoms with Gasteiger partial charge in [0.05, 0.1) is 19.3 Å². The van der Waals surface area contributed by atoms with Gasteiger partial charge in [0.25, 0.3) is 0 Å². The van der Waals surface area contributed by atoms with Crippen molar-refractivity contribution in [3.8, 4) is 0 Å². The van der Waals surface area contributed by atoms with E-state index in [9.17, 15) is 5.11 Å². The summed E-state index contributed by atoms with van der Waals surface area (Å²) in [6, 6.07) is 6.54. The molecule has 0 amide bonds. The Labute approximate surface area is 129 Å². The second-order valence-corrected chi connectivity index (χ2v) is 5.65. The van der Waals surface area contributed by atoms with Crippen LogP contribution in [0.3, 0.4) is 0 Å². The molecule has 0 saturated heterocycles. The summed E-state index contributed by atoms with van der Waals surface area (Å²) in [5.41, 5.74) is 3.92. The Balaban J connectivity index is 2.59. The van der Waals surface area contributed by atoms with Crippen LogP contribution in [0.2, 0.25) is 0 Å². The second-order valence-electron chi connectivity index (χ2n) is 5.65. The van der Waals surface area contributed by atoms with Crippen LogP contribution in [-0.4, -0.2) is 42.4 Å². The van der Waals surface area contributed by atoms with E-state index in [0.29, 0.717) is 19.8 Å². The third-order valence-corrected chi connectivity index (χ3v) is 3.45. The van der Waals surface area contributed by atoms with Gasteiger partial charge in [0, 0.05) is 13.1 Å². The molecule has 0 unspecified atom stereocenters. The van der Waals surface area contributed by atoms with Gasteiger partial charge in [-0.3, -0.25) is 4.90 Å². The molecule has 0 fully saturated rings. The molecule has 1 atom stereocenters. The molecular formula is C18H29NO2. The maximum Gasteiger partial charge on any atom is 0.0900 e. The Bertz CT molecular complexity index is 431. The number of rotatable bonds is 10. The number of aliphatic hydroxyl groups excluding tert-OH is 1. The third kappa shape index (κ3) is 6.89. The zero-order valence-electron chi connectivity index (χ0n) is 13.6. The van der Waals surface area contributed by atoms with Crippen molar-refractivity contribution in [2.75, 3.05) is 26.3 Å². The van der Waals surface area contributed by atoms with Crippen molar-refractivity contribution in [2.24, 2.45) is 0 Å². The van der Waals surface area contributed by atoms with E-state index in [0.717, 1.165) is 19.5 Å². The van der Waals surface area contributed by atoms with Crippen LogP contribution in [0.5, 0.6) is 0 Å². The van der Waals surface area contributed by atoms with Crippen LogP contribution in [0.4, 0.5) is 0 Å². The van der Waals surface area contributed by atoms with E-state index in [1.54, 1.807) is 6.08 Å². The molecule has 0 spiro atoms. The van der Waals surface area contributed by atoms with Gasteiger partial charge in [-0.2, -0.15) is 0 Å². The van der Waals surface area contributed by atoms with Gasteiger partial charge in [0.15, 0.2) is 0 Å². The van der Waals surface area contributed by atoms with Crippen LogP contribution in [0.15, 0.2) is 30.9 Å². The lowest BCUT2D eigenvalue weighted by atomic mass is 10.0. The molecule has 0 aromatic heterocycles. The summed E-state index contributed by atoms with van der Waals surface area (Å²) < 4.78 is 5.32. The van der Waals surface area contributed by atoms with E-state index < -0.39 is 6.10 Å². The second kappa shape index (κ2) is 9.72.